The monoisotopic (exact) mass is 252 g/mol. The number of hydrazine groups is 1. The average molecular weight is 252 g/mol. The van der Waals surface area contributed by atoms with Crippen LogP contribution < -0.4 is 10.9 Å². The predicted molar refractivity (Wildman–Crippen MR) is 69.7 cm³/mol. The van der Waals surface area contributed by atoms with Crippen LogP contribution in [-0.2, 0) is 4.79 Å². The van der Waals surface area contributed by atoms with E-state index in [0.29, 0.717) is 12.8 Å². The van der Waals surface area contributed by atoms with Gasteiger partial charge in [0.05, 0.1) is 5.69 Å². The first-order chi connectivity index (χ1) is 8.21. The fraction of sp³-hybridized carbons (Fsp3) is 0.417. The summed E-state index contributed by atoms with van der Waals surface area (Å²) in [5, 5.41) is 10.2. The molecule has 1 fully saturated rings. The van der Waals surface area contributed by atoms with Crippen LogP contribution in [0.25, 0.3) is 0 Å². The summed E-state index contributed by atoms with van der Waals surface area (Å²) in [6.07, 6.45) is 1.03. The van der Waals surface area contributed by atoms with Gasteiger partial charge in [-0.05, 0) is 36.5 Å². The highest BCUT2D eigenvalue weighted by Gasteiger charge is 2.37. The number of para-hydroxylation sites is 1. The van der Waals surface area contributed by atoms with Gasteiger partial charge in [0.25, 0.3) is 5.91 Å². The van der Waals surface area contributed by atoms with Crippen molar-refractivity contribution >= 4 is 23.4 Å². The van der Waals surface area contributed by atoms with E-state index in [2.05, 4.69) is 10.9 Å². The summed E-state index contributed by atoms with van der Waals surface area (Å²) in [6, 6.07) is 9.35. The lowest BCUT2D eigenvalue weighted by atomic mass is 9.96. The van der Waals surface area contributed by atoms with E-state index in [9.17, 15) is 9.90 Å². The maximum absolute atomic E-state index is 11.9. The minimum absolute atomic E-state index is 0.346. The largest absolute Gasteiger partial charge is 0.380 e. The second kappa shape index (κ2) is 5.42. The molecular formula is C12H16N2O2S. The van der Waals surface area contributed by atoms with Crippen LogP contribution in [0, 0.1) is 0 Å². The normalized spacial score (nSPS) is 18.4. The first-order valence-electron chi connectivity index (χ1n) is 5.62. The van der Waals surface area contributed by atoms with E-state index in [0.717, 1.165) is 17.2 Å². The Balaban J connectivity index is 1.88. The highest BCUT2D eigenvalue weighted by Crippen LogP contribution is 2.26. The summed E-state index contributed by atoms with van der Waals surface area (Å²) in [5.41, 5.74) is 4.95. The molecule has 4 nitrogen and oxygen atoms in total. The molecule has 1 aromatic rings. The van der Waals surface area contributed by atoms with Crippen LogP contribution in [0.1, 0.15) is 12.8 Å². The van der Waals surface area contributed by atoms with Crippen molar-refractivity contribution in [1.29, 1.82) is 0 Å². The molecule has 1 aliphatic rings. The molecule has 5 heteroatoms. The van der Waals surface area contributed by atoms with E-state index in [1.54, 1.807) is 11.8 Å². The molecule has 1 saturated heterocycles. The summed E-state index contributed by atoms with van der Waals surface area (Å²) in [4.78, 5) is 11.9. The molecule has 1 aromatic carbocycles. The van der Waals surface area contributed by atoms with Crippen LogP contribution in [0.15, 0.2) is 30.3 Å². The van der Waals surface area contributed by atoms with Gasteiger partial charge in [-0.15, -0.1) is 0 Å². The van der Waals surface area contributed by atoms with Crippen LogP contribution >= 0.6 is 11.8 Å². The van der Waals surface area contributed by atoms with Gasteiger partial charge in [0.15, 0.2) is 0 Å². The zero-order valence-corrected chi connectivity index (χ0v) is 10.3. The van der Waals surface area contributed by atoms with Crippen LogP contribution in [-0.4, -0.2) is 28.1 Å². The summed E-state index contributed by atoms with van der Waals surface area (Å²) < 4.78 is 0. The molecule has 0 spiro atoms. The lowest BCUT2D eigenvalue weighted by Gasteiger charge is -2.30. The number of carbonyl (C=O) groups is 1. The quantitative estimate of drug-likeness (QED) is 0.711. The molecule has 0 bridgehead atoms. The van der Waals surface area contributed by atoms with Crippen molar-refractivity contribution in [3.63, 3.8) is 0 Å². The SMILES string of the molecule is O=C(NNc1ccccc1)C1(O)CCSCC1. The number of anilines is 1. The number of hydrogen-bond donors (Lipinski definition) is 3. The van der Waals surface area contributed by atoms with Gasteiger partial charge < -0.3 is 5.11 Å². The topological polar surface area (TPSA) is 61.4 Å². The maximum atomic E-state index is 11.9. The number of amides is 1. The number of nitrogens with one attached hydrogen (secondary N) is 2. The van der Waals surface area contributed by atoms with Gasteiger partial charge in [0, 0.05) is 0 Å². The van der Waals surface area contributed by atoms with E-state index in [4.69, 9.17) is 0 Å². The van der Waals surface area contributed by atoms with Crippen LogP contribution in [0.2, 0.25) is 0 Å². The number of rotatable bonds is 3. The van der Waals surface area contributed by atoms with Crippen LogP contribution in [0.5, 0.6) is 0 Å². The summed E-state index contributed by atoms with van der Waals surface area (Å²) in [6.45, 7) is 0. The van der Waals surface area contributed by atoms with Gasteiger partial charge in [-0.2, -0.15) is 11.8 Å². The van der Waals surface area contributed by atoms with Crippen LogP contribution in [0.4, 0.5) is 5.69 Å². The van der Waals surface area contributed by atoms with E-state index >= 15 is 0 Å². The molecule has 0 atom stereocenters. The minimum atomic E-state index is -1.22. The zero-order valence-electron chi connectivity index (χ0n) is 9.48. The first kappa shape index (κ1) is 12.3. The predicted octanol–water partition coefficient (Wildman–Crippen LogP) is 1.39. The molecule has 1 heterocycles. The Bertz CT molecular complexity index is 377. The minimum Gasteiger partial charge on any atom is -0.380 e. The van der Waals surface area contributed by atoms with Crippen molar-refractivity contribution in [2.75, 3.05) is 16.9 Å². The number of aliphatic hydroxyl groups is 1. The lowest BCUT2D eigenvalue weighted by molar-refractivity contribution is -0.139. The molecule has 0 saturated carbocycles. The van der Waals surface area contributed by atoms with E-state index in [-0.39, 0.29) is 5.91 Å². The Hall–Kier alpha value is -1.20. The van der Waals surface area contributed by atoms with Crippen molar-refractivity contribution in [3.05, 3.63) is 30.3 Å². The number of thioether (sulfide) groups is 1. The molecule has 1 aliphatic heterocycles. The average Bonchev–Trinajstić information content (AvgIpc) is 2.38. The van der Waals surface area contributed by atoms with Gasteiger partial charge in [-0.3, -0.25) is 15.6 Å². The smallest absolute Gasteiger partial charge is 0.270 e. The van der Waals surface area contributed by atoms with Gasteiger partial charge in [-0.1, -0.05) is 18.2 Å². The van der Waals surface area contributed by atoms with Crippen molar-refractivity contribution in [2.45, 2.75) is 18.4 Å². The Morgan fingerprint density at radius 1 is 1.24 bits per heavy atom. The van der Waals surface area contributed by atoms with E-state index in [1.165, 1.54) is 0 Å². The molecule has 0 aromatic heterocycles. The standard InChI is InChI=1S/C12H16N2O2S/c15-11(12(16)6-8-17-9-7-12)14-13-10-4-2-1-3-5-10/h1-5,13,16H,6-9H2,(H,14,15). The first-order valence-corrected chi connectivity index (χ1v) is 6.78. The fourth-order valence-electron chi connectivity index (χ4n) is 1.70. The van der Waals surface area contributed by atoms with E-state index < -0.39 is 5.60 Å². The summed E-state index contributed by atoms with van der Waals surface area (Å²) in [5.74, 6) is 1.31. The number of carbonyl (C=O) groups excluding carboxylic acids is 1. The molecule has 3 N–H and O–H groups in total. The second-order valence-corrected chi connectivity index (χ2v) is 5.31. The Kier molecular flexibility index (Phi) is 3.91. The molecule has 17 heavy (non-hydrogen) atoms. The molecule has 0 unspecified atom stereocenters. The Labute approximate surface area is 105 Å². The van der Waals surface area contributed by atoms with Crippen molar-refractivity contribution in [3.8, 4) is 0 Å². The third-order valence-electron chi connectivity index (χ3n) is 2.84. The summed E-state index contributed by atoms with van der Waals surface area (Å²) in [7, 11) is 0. The number of benzene rings is 1. The lowest BCUT2D eigenvalue weighted by Crippen LogP contribution is -2.50. The highest BCUT2D eigenvalue weighted by atomic mass is 32.2. The highest BCUT2D eigenvalue weighted by molar-refractivity contribution is 7.99. The molecule has 92 valence electrons. The molecule has 2 rings (SSSR count). The third-order valence-corrected chi connectivity index (χ3v) is 3.82. The van der Waals surface area contributed by atoms with Crippen LogP contribution in [0.3, 0.4) is 0 Å². The molecule has 1 amide bonds. The second-order valence-electron chi connectivity index (χ2n) is 4.09. The molecule has 0 radical (unpaired) electrons. The van der Waals surface area contributed by atoms with Crippen molar-refractivity contribution < 1.29 is 9.90 Å². The Morgan fingerprint density at radius 2 is 1.88 bits per heavy atom. The molecule has 0 aliphatic carbocycles. The van der Waals surface area contributed by atoms with Gasteiger partial charge in [0.1, 0.15) is 5.60 Å². The van der Waals surface area contributed by atoms with E-state index in [1.807, 2.05) is 30.3 Å². The maximum Gasteiger partial charge on any atom is 0.270 e. The zero-order chi connectivity index (χ0) is 12.1. The summed E-state index contributed by atoms with van der Waals surface area (Å²) >= 11 is 1.77. The van der Waals surface area contributed by atoms with Crippen molar-refractivity contribution in [2.24, 2.45) is 0 Å². The Morgan fingerprint density at radius 3 is 2.53 bits per heavy atom. The van der Waals surface area contributed by atoms with Gasteiger partial charge in [0.2, 0.25) is 0 Å². The molecular weight excluding hydrogens is 236 g/mol. The number of hydrogen-bond acceptors (Lipinski definition) is 4. The van der Waals surface area contributed by atoms with Gasteiger partial charge >= 0.3 is 0 Å². The van der Waals surface area contributed by atoms with Crippen molar-refractivity contribution in [1.82, 2.24) is 5.43 Å². The third kappa shape index (κ3) is 3.14. The van der Waals surface area contributed by atoms with Gasteiger partial charge in [-0.25, -0.2) is 0 Å². The fourth-order valence-corrected chi connectivity index (χ4v) is 2.87.